The first-order valence-corrected chi connectivity index (χ1v) is 5.18. The Balaban J connectivity index is 2.44. The van der Waals surface area contributed by atoms with Crippen LogP contribution in [0.4, 0.5) is 4.39 Å². The summed E-state index contributed by atoms with van der Waals surface area (Å²) in [5.74, 6) is -0.550. The van der Waals surface area contributed by atoms with Crippen LogP contribution in [0.5, 0.6) is 5.75 Å². The third-order valence-electron chi connectivity index (χ3n) is 2.55. The third kappa shape index (κ3) is 2.33. The summed E-state index contributed by atoms with van der Waals surface area (Å²) in [5, 5.41) is 9.68. The van der Waals surface area contributed by atoms with Gasteiger partial charge in [0, 0.05) is 0 Å². The van der Waals surface area contributed by atoms with Crippen molar-refractivity contribution in [1.29, 1.82) is 0 Å². The molecule has 0 spiro atoms. The van der Waals surface area contributed by atoms with Crippen molar-refractivity contribution in [3.8, 4) is 16.9 Å². The molecule has 17 heavy (non-hydrogen) atoms. The highest BCUT2D eigenvalue weighted by atomic mass is 19.1. The quantitative estimate of drug-likeness (QED) is 0.803. The van der Waals surface area contributed by atoms with Crippen molar-refractivity contribution < 1.29 is 14.3 Å². The number of carbonyl (C=O) groups is 1. The van der Waals surface area contributed by atoms with E-state index in [-0.39, 0.29) is 22.9 Å². The van der Waals surface area contributed by atoms with E-state index in [9.17, 15) is 14.3 Å². The fourth-order valence-corrected chi connectivity index (χ4v) is 1.65. The number of rotatable bonds is 2. The standard InChI is InChI=1S/C14H11FO2/c1-9(16)13-7-4-11(8-14(13)17)10-2-5-12(15)6-3-10/h2-8,17H,1H3. The van der Waals surface area contributed by atoms with Crippen molar-refractivity contribution in [3.05, 3.63) is 53.8 Å². The van der Waals surface area contributed by atoms with Gasteiger partial charge in [0.2, 0.25) is 0 Å². The molecule has 0 fully saturated rings. The van der Waals surface area contributed by atoms with Crippen LogP contribution in [-0.4, -0.2) is 10.9 Å². The Kier molecular flexibility index (Phi) is 2.91. The van der Waals surface area contributed by atoms with Gasteiger partial charge in [0.25, 0.3) is 0 Å². The molecular weight excluding hydrogens is 219 g/mol. The molecule has 0 saturated carbocycles. The minimum Gasteiger partial charge on any atom is -0.507 e. The van der Waals surface area contributed by atoms with Gasteiger partial charge in [-0.15, -0.1) is 0 Å². The highest BCUT2D eigenvalue weighted by Gasteiger charge is 2.07. The second-order valence-corrected chi connectivity index (χ2v) is 3.80. The first-order chi connectivity index (χ1) is 8.08. The Hall–Kier alpha value is -2.16. The van der Waals surface area contributed by atoms with E-state index in [4.69, 9.17) is 0 Å². The van der Waals surface area contributed by atoms with E-state index >= 15 is 0 Å². The predicted octanol–water partition coefficient (Wildman–Crippen LogP) is 3.40. The van der Waals surface area contributed by atoms with Crippen molar-refractivity contribution in [2.24, 2.45) is 0 Å². The second kappa shape index (κ2) is 4.37. The molecule has 1 N–H and O–H groups in total. The monoisotopic (exact) mass is 230 g/mol. The molecule has 0 radical (unpaired) electrons. The summed E-state index contributed by atoms with van der Waals surface area (Å²) < 4.78 is 12.8. The summed E-state index contributed by atoms with van der Waals surface area (Å²) in [6.07, 6.45) is 0. The van der Waals surface area contributed by atoms with Gasteiger partial charge in [0.05, 0.1) is 5.56 Å². The first kappa shape index (κ1) is 11.3. The maximum atomic E-state index is 12.8. The summed E-state index contributed by atoms with van der Waals surface area (Å²) in [4.78, 5) is 11.1. The van der Waals surface area contributed by atoms with Gasteiger partial charge in [0.15, 0.2) is 5.78 Å². The number of carbonyl (C=O) groups excluding carboxylic acids is 1. The molecule has 0 saturated heterocycles. The van der Waals surface area contributed by atoms with Crippen molar-refractivity contribution >= 4 is 5.78 Å². The summed E-state index contributed by atoms with van der Waals surface area (Å²) in [6, 6.07) is 10.7. The van der Waals surface area contributed by atoms with E-state index in [2.05, 4.69) is 0 Å². The van der Waals surface area contributed by atoms with E-state index in [0.717, 1.165) is 11.1 Å². The summed E-state index contributed by atoms with van der Waals surface area (Å²) in [7, 11) is 0. The first-order valence-electron chi connectivity index (χ1n) is 5.18. The normalized spacial score (nSPS) is 10.2. The van der Waals surface area contributed by atoms with Gasteiger partial charge in [-0.2, -0.15) is 0 Å². The van der Waals surface area contributed by atoms with Crippen LogP contribution in [0.3, 0.4) is 0 Å². The van der Waals surface area contributed by atoms with E-state index in [1.165, 1.54) is 25.1 Å². The Bertz CT molecular complexity index is 559. The van der Waals surface area contributed by atoms with E-state index in [1.807, 2.05) is 0 Å². The lowest BCUT2D eigenvalue weighted by Gasteiger charge is -2.05. The van der Waals surface area contributed by atoms with Crippen molar-refractivity contribution in [2.45, 2.75) is 6.92 Å². The summed E-state index contributed by atoms with van der Waals surface area (Å²) in [5.41, 5.74) is 1.82. The highest BCUT2D eigenvalue weighted by molar-refractivity contribution is 5.97. The van der Waals surface area contributed by atoms with Gasteiger partial charge < -0.3 is 5.11 Å². The molecule has 86 valence electrons. The molecule has 0 amide bonds. The van der Waals surface area contributed by atoms with Crippen LogP contribution < -0.4 is 0 Å². The number of benzene rings is 2. The van der Waals surface area contributed by atoms with Gasteiger partial charge in [-0.25, -0.2) is 4.39 Å². The lowest BCUT2D eigenvalue weighted by molar-refractivity contribution is 0.101. The van der Waals surface area contributed by atoms with Crippen LogP contribution in [0.1, 0.15) is 17.3 Å². The molecule has 0 bridgehead atoms. The molecule has 0 aliphatic carbocycles. The van der Waals surface area contributed by atoms with E-state index in [1.54, 1.807) is 24.3 Å². The highest BCUT2D eigenvalue weighted by Crippen LogP contribution is 2.26. The molecule has 0 atom stereocenters. The van der Waals surface area contributed by atoms with Crippen LogP contribution in [0.2, 0.25) is 0 Å². The van der Waals surface area contributed by atoms with E-state index in [0.29, 0.717) is 0 Å². The maximum absolute atomic E-state index is 12.8. The molecule has 2 rings (SSSR count). The lowest BCUT2D eigenvalue weighted by atomic mass is 10.0. The fraction of sp³-hybridized carbons (Fsp3) is 0.0714. The SMILES string of the molecule is CC(=O)c1ccc(-c2ccc(F)cc2)cc1O. The number of hydrogen-bond acceptors (Lipinski definition) is 2. The zero-order chi connectivity index (χ0) is 12.4. The third-order valence-corrected chi connectivity index (χ3v) is 2.55. The van der Waals surface area contributed by atoms with Crippen LogP contribution in [0.15, 0.2) is 42.5 Å². The Morgan fingerprint density at radius 1 is 1.06 bits per heavy atom. The Labute approximate surface area is 98.3 Å². The molecule has 0 aliphatic heterocycles. The van der Waals surface area contributed by atoms with Gasteiger partial charge in [-0.3, -0.25) is 4.79 Å². The second-order valence-electron chi connectivity index (χ2n) is 3.80. The summed E-state index contributed by atoms with van der Waals surface area (Å²) >= 11 is 0. The largest absolute Gasteiger partial charge is 0.507 e. The number of aromatic hydroxyl groups is 1. The molecule has 2 nitrogen and oxygen atoms in total. The van der Waals surface area contributed by atoms with Gasteiger partial charge in [-0.1, -0.05) is 18.2 Å². The molecule has 0 aromatic heterocycles. The Morgan fingerprint density at radius 3 is 2.18 bits per heavy atom. The minimum atomic E-state index is -0.307. The van der Waals surface area contributed by atoms with Crippen LogP contribution >= 0.6 is 0 Å². The fourth-order valence-electron chi connectivity index (χ4n) is 1.65. The molecular formula is C14H11FO2. The molecule has 2 aromatic rings. The molecule has 3 heteroatoms. The topological polar surface area (TPSA) is 37.3 Å². The van der Waals surface area contributed by atoms with Crippen molar-refractivity contribution in [2.75, 3.05) is 0 Å². The molecule has 0 aliphatic rings. The zero-order valence-electron chi connectivity index (χ0n) is 9.27. The number of phenolic OH excluding ortho intramolecular Hbond substituents is 1. The predicted molar refractivity (Wildman–Crippen MR) is 63.5 cm³/mol. The summed E-state index contributed by atoms with van der Waals surface area (Å²) in [6.45, 7) is 1.40. The smallest absolute Gasteiger partial charge is 0.163 e. The molecule has 2 aromatic carbocycles. The molecule has 0 heterocycles. The number of phenols is 1. The van der Waals surface area contributed by atoms with Crippen molar-refractivity contribution in [1.82, 2.24) is 0 Å². The minimum absolute atomic E-state index is 0.0562. The van der Waals surface area contributed by atoms with Gasteiger partial charge >= 0.3 is 0 Å². The number of halogens is 1. The lowest BCUT2D eigenvalue weighted by Crippen LogP contribution is -1.92. The molecule has 0 unspecified atom stereocenters. The van der Waals surface area contributed by atoms with Gasteiger partial charge in [0.1, 0.15) is 11.6 Å². The average molecular weight is 230 g/mol. The van der Waals surface area contributed by atoms with Crippen LogP contribution in [0, 0.1) is 5.82 Å². The number of ketones is 1. The Morgan fingerprint density at radius 2 is 1.65 bits per heavy atom. The van der Waals surface area contributed by atoms with Gasteiger partial charge in [-0.05, 0) is 42.3 Å². The van der Waals surface area contributed by atoms with Crippen molar-refractivity contribution in [3.63, 3.8) is 0 Å². The van der Waals surface area contributed by atoms with Crippen LogP contribution in [-0.2, 0) is 0 Å². The zero-order valence-corrected chi connectivity index (χ0v) is 9.27. The van der Waals surface area contributed by atoms with E-state index < -0.39 is 0 Å². The number of hydrogen-bond donors (Lipinski definition) is 1. The number of Topliss-reactive ketones (excluding diaryl/α,β-unsaturated/α-hetero) is 1. The average Bonchev–Trinajstić information content (AvgIpc) is 2.29. The maximum Gasteiger partial charge on any atom is 0.163 e. The van der Waals surface area contributed by atoms with Crippen LogP contribution in [0.25, 0.3) is 11.1 Å².